The van der Waals surface area contributed by atoms with Crippen LogP contribution in [-0.4, -0.2) is 28.8 Å². The molecule has 0 atom stereocenters. The summed E-state index contributed by atoms with van der Waals surface area (Å²) in [5, 5.41) is 2.68. The van der Waals surface area contributed by atoms with Crippen LogP contribution in [0.1, 0.15) is 23.7 Å². The van der Waals surface area contributed by atoms with Crippen molar-refractivity contribution in [3.05, 3.63) is 64.6 Å². The Hall–Kier alpha value is -3.68. The number of carbonyl (C=O) groups is 3. The molecular formula is C20H18N2O6. The fourth-order valence-electron chi connectivity index (χ4n) is 2.56. The second-order valence-corrected chi connectivity index (χ2v) is 5.98. The van der Waals surface area contributed by atoms with Gasteiger partial charge in [-0.1, -0.05) is 19.1 Å². The van der Waals surface area contributed by atoms with Crippen LogP contribution in [0.15, 0.2) is 57.7 Å². The number of nitrogens with one attached hydrogen (secondary N) is 1. The molecule has 1 aromatic heterocycles. The Morgan fingerprint density at radius 2 is 1.79 bits per heavy atom. The van der Waals surface area contributed by atoms with E-state index in [1.54, 1.807) is 43.3 Å². The smallest absolute Gasteiger partial charge is 0.420 e. The number of anilines is 1. The molecule has 1 amide bonds. The van der Waals surface area contributed by atoms with Crippen molar-refractivity contribution in [3.8, 4) is 0 Å². The Kier molecular flexibility index (Phi) is 5.69. The van der Waals surface area contributed by atoms with Crippen molar-refractivity contribution in [1.82, 2.24) is 4.57 Å². The summed E-state index contributed by atoms with van der Waals surface area (Å²) in [7, 11) is 0. The highest BCUT2D eigenvalue weighted by Crippen LogP contribution is 2.12. The largest absolute Gasteiger partial charge is 0.456 e. The van der Waals surface area contributed by atoms with Crippen molar-refractivity contribution in [2.45, 2.75) is 19.9 Å². The van der Waals surface area contributed by atoms with Crippen LogP contribution in [0.2, 0.25) is 0 Å². The van der Waals surface area contributed by atoms with Crippen LogP contribution in [0, 0.1) is 0 Å². The van der Waals surface area contributed by atoms with E-state index in [1.165, 1.54) is 12.1 Å². The Labute approximate surface area is 159 Å². The molecule has 0 bridgehead atoms. The van der Waals surface area contributed by atoms with Crippen LogP contribution < -0.4 is 11.1 Å². The number of fused-ring (bicyclic) bond motifs is 1. The average Bonchev–Trinajstić information content (AvgIpc) is 3.02. The number of carbonyl (C=O) groups excluding carboxylic acids is 3. The van der Waals surface area contributed by atoms with Crippen molar-refractivity contribution in [2.24, 2.45) is 0 Å². The SMILES string of the molecule is CCC(=O)Nc1ccc(C(=O)COC(=O)Cn2c(=O)oc3ccccc32)cc1. The van der Waals surface area contributed by atoms with Gasteiger partial charge < -0.3 is 14.5 Å². The number of esters is 1. The average molecular weight is 382 g/mol. The molecule has 1 heterocycles. The molecule has 8 nitrogen and oxygen atoms in total. The molecule has 0 fully saturated rings. The van der Waals surface area contributed by atoms with Gasteiger partial charge in [-0.05, 0) is 36.4 Å². The molecule has 0 aliphatic heterocycles. The van der Waals surface area contributed by atoms with Gasteiger partial charge in [0, 0.05) is 17.7 Å². The summed E-state index contributed by atoms with van der Waals surface area (Å²) >= 11 is 0. The van der Waals surface area contributed by atoms with Crippen LogP contribution in [0.4, 0.5) is 5.69 Å². The lowest BCUT2D eigenvalue weighted by molar-refractivity contribution is -0.143. The lowest BCUT2D eigenvalue weighted by Gasteiger charge is -2.07. The van der Waals surface area contributed by atoms with Crippen LogP contribution in [0.5, 0.6) is 0 Å². The minimum absolute atomic E-state index is 0.130. The number of hydrogen-bond acceptors (Lipinski definition) is 6. The van der Waals surface area contributed by atoms with E-state index in [4.69, 9.17) is 9.15 Å². The number of ether oxygens (including phenoxy) is 1. The fourth-order valence-corrected chi connectivity index (χ4v) is 2.56. The van der Waals surface area contributed by atoms with Gasteiger partial charge in [-0.2, -0.15) is 0 Å². The minimum atomic E-state index is -0.728. The zero-order valence-electron chi connectivity index (χ0n) is 15.1. The quantitative estimate of drug-likeness (QED) is 0.496. The first-order valence-electron chi connectivity index (χ1n) is 8.65. The predicted octanol–water partition coefficient (Wildman–Crippen LogP) is 2.37. The van der Waals surface area contributed by atoms with Gasteiger partial charge in [0.1, 0.15) is 6.54 Å². The summed E-state index contributed by atoms with van der Waals surface area (Å²) in [5.41, 5.74) is 1.76. The van der Waals surface area contributed by atoms with Crippen LogP contribution in [-0.2, 0) is 20.9 Å². The maximum Gasteiger partial charge on any atom is 0.420 e. The summed E-state index contributed by atoms with van der Waals surface area (Å²) < 4.78 is 11.2. The van der Waals surface area contributed by atoms with Crippen molar-refractivity contribution >= 4 is 34.4 Å². The summed E-state index contributed by atoms with van der Waals surface area (Å²) in [6.07, 6.45) is 0.353. The van der Waals surface area contributed by atoms with E-state index in [0.29, 0.717) is 28.8 Å². The molecule has 28 heavy (non-hydrogen) atoms. The standard InChI is InChI=1S/C20H18N2O6/c1-2-18(24)21-14-9-7-13(8-10-14)16(23)12-27-19(25)11-22-15-5-3-4-6-17(15)28-20(22)26/h3-10H,2,11-12H2,1H3,(H,21,24). The normalized spacial score (nSPS) is 10.6. The van der Waals surface area contributed by atoms with Crippen molar-refractivity contribution in [2.75, 3.05) is 11.9 Å². The number of nitrogens with zero attached hydrogens (tertiary/aromatic N) is 1. The number of ketones is 1. The van der Waals surface area contributed by atoms with E-state index in [0.717, 1.165) is 4.57 Å². The molecule has 1 N–H and O–H groups in total. The third-order valence-corrected chi connectivity index (χ3v) is 4.04. The van der Waals surface area contributed by atoms with Crippen LogP contribution in [0.25, 0.3) is 11.1 Å². The van der Waals surface area contributed by atoms with Crippen LogP contribution in [0.3, 0.4) is 0 Å². The summed E-state index contributed by atoms with van der Waals surface area (Å²) in [4.78, 5) is 47.4. The molecule has 0 spiro atoms. The summed E-state index contributed by atoms with van der Waals surface area (Å²) in [5.74, 6) is -1.93. The predicted molar refractivity (Wildman–Crippen MR) is 101 cm³/mol. The number of amides is 1. The highest BCUT2D eigenvalue weighted by molar-refractivity contribution is 5.98. The number of Topliss-reactive ketones (excluding diaryl/α,β-unsaturated/α-hetero) is 1. The second kappa shape index (κ2) is 8.34. The van der Waals surface area contributed by atoms with Gasteiger partial charge in [-0.25, -0.2) is 4.79 Å². The lowest BCUT2D eigenvalue weighted by atomic mass is 10.1. The Bertz CT molecular complexity index is 1080. The van der Waals surface area contributed by atoms with Gasteiger partial charge in [0.2, 0.25) is 5.91 Å². The molecule has 0 saturated heterocycles. The zero-order chi connectivity index (χ0) is 20.1. The maximum absolute atomic E-state index is 12.2. The Morgan fingerprint density at radius 3 is 2.50 bits per heavy atom. The van der Waals surface area contributed by atoms with Crippen molar-refractivity contribution in [1.29, 1.82) is 0 Å². The topological polar surface area (TPSA) is 108 Å². The molecule has 0 saturated carbocycles. The Balaban J connectivity index is 1.58. The molecule has 3 aromatic rings. The lowest BCUT2D eigenvalue weighted by Crippen LogP contribution is -2.23. The van der Waals surface area contributed by atoms with Gasteiger partial charge in [0.15, 0.2) is 18.0 Å². The van der Waals surface area contributed by atoms with E-state index in [-0.39, 0.29) is 12.5 Å². The number of benzene rings is 2. The van der Waals surface area contributed by atoms with Crippen molar-refractivity contribution in [3.63, 3.8) is 0 Å². The van der Waals surface area contributed by atoms with E-state index < -0.39 is 24.1 Å². The number of hydrogen-bond donors (Lipinski definition) is 1. The molecule has 2 aromatic carbocycles. The molecular weight excluding hydrogens is 364 g/mol. The van der Waals surface area contributed by atoms with Gasteiger partial charge in [-0.3, -0.25) is 19.0 Å². The third kappa shape index (κ3) is 4.35. The first kappa shape index (κ1) is 19.1. The maximum atomic E-state index is 12.2. The Morgan fingerprint density at radius 1 is 1.07 bits per heavy atom. The number of rotatable bonds is 7. The first-order valence-corrected chi connectivity index (χ1v) is 8.65. The fraction of sp³-hybridized carbons (Fsp3) is 0.200. The van der Waals surface area contributed by atoms with Gasteiger partial charge in [-0.15, -0.1) is 0 Å². The minimum Gasteiger partial charge on any atom is -0.456 e. The summed E-state index contributed by atoms with van der Waals surface area (Å²) in [6, 6.07) is 13.0. The highest BCUT2D eigenvalue weighted by Gasteiger charge is 2.15. The van der Waals surface area contributed by atoms with E-state index >= 15 is 0 Å². The van der Waals surface area contributed by atoms with E-state index in [2.05, 4.69) is 5.32 Å². The first-order chi connectivity index (χ1) is 13.5. The van der Waals surface area contributed by atoms with Crippen molar-refractivity contribution < 1.29 is 23.5 Å². The summed E-state index contributed by atoms with van der Waals surface area (Å²) in [6.45, 7) is 0.928. The van der Waals surface area contributed by atoms with Gasteiger partial charge >= 0.3 is 11.7 Å². The zero-order valence-corrected chi connectivity index (χ0v) is 15.1. The third-order valence-electron chi connectivity index (χ3n) is 4.04. The highest BCUT2D eigenvalue weighted by atomic mass is 16.5. The molecule has 0 unspecified atom stereocenters. The number of para-hydroxylation sites is 2. The number of aromatic nitrogens is 1. The van der Waals surface area contributed by atoms with E-state index in [9.17, 15) is 19.2 Å². The van der Waals surface area contributed by atoms with Gasteiger partial charge in [0.05, 0.1) is 5.52 Å². The second-order valence-electron chi connectivity index (χ2n) is 5.98. The van der Waals surface area contributed by atoms with Gasteiger partial charge in [0.25, 0.3) is 0 Å². The molecule has 0 aliphatic rings. The molecule has 8 heteroatoms. The molecule has 3 rings (SSSR count). The number of oxazole rings is 1. The molecule has 144 valence electrons. The monoisotopic (exact) mass is 382 g/mol. The molecule has 0 aliphatic carbocycles. The molecule has 0 radical (unpaired) electrons. The van der Waals surface area contributed by atoms with E-state index in [1.807, 2.05) is 0 Å². The van der Waals surface area contributed by atoms with Crippen LogP contribution >= 0.6 is 0 Å².